The molecule has 174 valence electrons. The summed E-state index contributed by atoms with van der Waals surface area (Å²) in [6.45, 7) is 14.3. The molecule has 0 spiro atoms. The maximum Gasteiger partial charge on any atom is 0.407 e. The Labute approximate surface area is 189 Å². The van der Waals surface area contributed by atoms with E-state index >= 15 is 0 Å². The molecule has 10 heteroatoms. The number of amides is 2. The van der Waals surface area contributed by atoms with Gasteiger partial charge in [0, 0.05) is 26.2 Å². The number of rotatable bonds is 3. The summed E-state index contributed by atoms with van der Waals surface area (Å²) < 4.78 is 10.3. The molecule has 0 bridgehead atoms. The second-order valence-electron chi connectivity index (χ2n) is 9.59. The topological polar surface area (TPSA) is 105 Å². The van der Waals surface area contributed by atoms with Crippen molar-refractivity contribution in [2.24, 2.45) is 0 Å². The van der Waals surface area contributed by atoms with Crippen LogP contribution in [0.1, 0.15) is 41.5 Å². The highest BCUT2D eigenvalue weighted by Crippen LogP contribution is 2.21. The monoisotopic (exact) mass is 455 g/mol. The van der Waals surface area contributed by atoms with Crippen LogP contribution in [0.2, 0.25) is 5.15 Å². The number of carbonyl (C=O) groups is 2. The first-order valence-corrected chi connectivity index (χ1v) is 10.7. The molecular weight excluding hydrogens is 422 g/mol. The molecule has 0 aliphatic carbocycles. The number of hydrogen-bond donors (Lipinski definition) is 3. The zero-order chi connectivity index (χ0) is 23.2. The Hall–Kier alpha value is -2.26. The molecule has 2 amide bonds. The van der Waals surface area contributed by atoms with Crippen molar-refractivity contribution < 1.29 is 19.1 Å². The van der Waals surface area contributed by atoms with Gasteiger partial charge in [-0.3, -0.25) is 0 Å². The van der Waals surface area contributed by atoms with E-state index in [1.807, 2.05) is 47.6 Å². The van der Waals surface area contributed by atoms with Crippen molar-refractivity contribution in [1.82, 2.24) is 20.9 Å². The second kappa shape index (κ2) is 10.4. The van der Waals surface area contributed by atoms with Crippen molar-refractivity contribution in [3.05, 3.63) is 23.5 Å². The number of halogens is 1. The van der Waals surface area contributed by atoms with Crippen LogP contribution in [-0.4, -0.2) is 66.6 Å². The van der Waals surface area contributed by atoms with Gasteiger partial charge in [-0.2, -0.15) is 0 Å². The number of nitrogens with zero attached hydrogens (tertiary/aromatic N) is 2. The minimum absolute atomic E-state index is 0.116. The Bertz CT molecular complexity index is 736. The van der Waals surface area contributed by atoms with Gasteiger partial charge in [0.2, 0.25) is 0 Å². The number of alkyl carbamates (subject to hydrolysis) is 2. The van der Waals surface area contributed by atoms with Gasteiger partial charge >= 0.3 is 12.2 Å². The van der Waals surface area contributed by atoms with E-state index in [0.29, 0.717) is 5.15 Å². The Balaban J connectivity index is 0.000000245. The van der Waals surface area contributed by atoms with Crippen molar-refractivity contribution in [2.45, 2.75) is 64.8 Å². The highest BCUT2D eigenvalue weighted by molar-refractivity contribution is 6.29. The normalized spacial score (nSPS) is 16.8. The lowest BCUT2D eigenvalue weighted by molar-refractivity contribution is 0.0480. The Morgan fingerprint density at radius 1 is 1.00 bits per heavy atom. The summed E-state index contributed by atoms with van der Waals surface area (Å²) in [5.41, 5.74) is 0.140. The first kappa shape index (κ1) is 25.0. The number of pyridine rings is 1. The Morgan fingerprint density at radius 3 is 1.90 bits per heavy atom. The van der Waals surface area contributed by atoms with Gasteiger partial charge in [0.25, 0.3) is 0 Å². The van der Waals surface area contributed by atoms with Crippen LogP contribution in [0.15, 0.2) is 18.3 Å². The fourth-order valence-electron chi connectivity index (χ4n) is 2.67. The van der Waals surface area contributed by atoms with E-state index in [9.17, 15) is 9.59 Å². The van der Waals surface area contributed by atoms with E-state index in [1.54, 1.807) is 12.3 Å². The van der Waals surface area contributed by atoms with Gasteiger partial charge in [0.1, 0.15) is 16.4 Å². The summed E-state index contributed by atoms with van der Waals surface area (Å²) in [4.78, 5) is 28.8. The Morgan fingerprint density at radius 2 is 1.52 bits per heavy atom. The van der Waals surface area contributed by atoms with Gasteiger partial charge in [-0.05, 0) is 53.7 Å². The molecule has 3 rings (SSSR count). The van der Waals surface area contributed by atoms with Crippen molar-refractivity contribution >= 4 is 29.5 Å². The SMILES string of the molecule is CC(C)(C)OC(=O)NC1CN(c2ccc(Cl)nc2)C1.CC(C)(C)OC(=O)NC1CNC1. The van der Waals surface area contributed by atoms with Crippen LogP contribution in [0.4, 0.5) is 15.3 Å². The van der Waals surface area contributed by atoms with Gasteiger partial charge in [0.05, 0.1) is 24.0 Å². The molecule has 0 aromatic carbocycles. The number of ether oxygens (including phenoxy) is 2. The lowest BCUT2D eigenvalue weighted by Gasteiger charge is -2.41. The summed E-state index contributed by atoms with van der Waals surface area (Å²) in [6, 6.07) is 4.04. The Kier molecular flexibility index (Phi) is 8.36. The van der Waals surface area contributed by atoms with Crippen LogP contribution in [0.3, 0.4) is 0 Å². The molecule has 0 atom stereocenters. The average Bonchev–Trinajstić information content (AvgIpc) is 2.53. The highest BCUT2D eigenvalue weighted by atomic mass is 35.5. The van der Waals surface area contributed by atoms with Gasteiger partial charge < -0.3 is 30.3 Å². The summed E-state index contributed by atoms with van der Waals surface area (Å²) >= 11 is 5.73. The van der Waals surface area contributed by atoms with Crippen LogP contribution in [0.5, 0.6) is 0 Å². The largest absolute Gasteiger partial charge is 0.444 e. The van der Waals surface area contributed by atoms with Gasteiger partial charge in [0.15, 0.2) is 0 Å². The predicted octanol–water partition coefficient (Wildman–Crippen LogP) is 2.93. The van der Waals surface area contributed by atoms with E-state index < -0.39 is 11.2 Å². The molecule has 0 saturated carbocycles. The number of carbonyl (C=O) groups excluding carboxylic acids is 2. The molecule has 9 nitrogen and oxygen atoms in total. The maximum absolute atomic E-state index is 11.6. The van der Waals surface area contributed by atoms with Crippen molar-refractivity contribution in [1.29, 1.82) is 0 Å². The lowest BCUT2D eigenvalue weighted by atomic mass is 10.1. The van der Waals surface area contributed by atoms with Crippen LogP contribution in [0.25, 0.3) is 0 Å². The third-order valence-electron chi connectivity index (χ3n) is 4.18. The quantitative estimate of drug-likeness (QED) is 0.602. The number of aromatic nitrogens is 1. The second-order valence-corrected chi connectivity index (χ2v) is 9.98. The molecule has 2 aliphatic rings. The average molecular weight is 456 g/mol. The predicted molar refractivity (Wildman–Crippen MR) is 121 cm³/mol. The first-order chi connectivity index (χ1) is 14.3. The standard InChI is InChI=1S/C13H18ClN3O2.C8H16N2O2/c1-13(2,3)19-12(18)16-9-7-17(8-9)10-4-5-11(14)15-6-10;1-8(2,3)12-7(11)10-6-4-9-5-6/h4-6,9H,7-8H2,1-3H3,(H,16,18);6,9H,4-5H2,1-3H3,(H,10,11). The number of anilines is 1. The molecule has 3 N–H and O–H groups in total. The van der Waals surface area contributed by atoms with Crippen LogP contribution in [-0.2, 0) is 9.47 Å². The van der Waals surface area contributed by atoms with Crippen molar-refractivity contribution in [3.8, 4) is 0 Å². The minimum atomic E-state index is -0.465. The van der Waals surface area contributed by atoms with Gasteiger partial charge in [-0.25, -0.2) is 14.6 Å². The molecule has 3 heterocycles. The fourth-order valence-corrected chi connectivity index (χ4v) is 2.79. The van der Waals surface area contributed by atoms with E-state index in [4.69, 9.17) is 21.1 Å². The van der Waals surface area contributed by atoms with Gasteiger partial charge in [-0.1, -0.05) is 11.6 Å². The maximum atomic E-state index is 11.6. The van der Waals surface area contributed by atoms with Crippen molar-refractivity contribution in [2.75, 3.05) is 31.1 Å². The molecular formula is C21H34ClN5O4. The van der Waals surface area contributed by atoms with E-state index in [1.165, 1.54) is 0 Å². The fraction of sp³-hybridized carbons (Fsp3) is 0.667. The molecule has 2 aliphatic heterocycles. The molecule has 0 unspecified atom stereocenters. The molecule has 0 radical (unpaired) electrons. The third kappa shape index (κ3) is 9.61. The highest BCUT2D eigenvalue weighted by Gasteiger charge is 2.30. The summed E-state index contributed by atoms with van der Waals surface area (Å²) in [6.07, 6.45) is 1.03. The lowest BCUT2D eigenvalue weighted by Crippen LogP contribution is -2.60. The van der Waals surface area contributed by atoms with Crippen LogP contribution in [0, 0.1) is 0 Å². The third-order valence-corrected chi connectivity index (χ3v) is 4.41. The van der Waals surface area contributed by atoms with E-state index in [0.717, 1.165) is 31.9 Å². The number of nitrogens with one attached hydrogen (secondary N) is 3. The molecule has 1 aromatic rings. The van der Waals surface area contributed by atoms with E-state index in [2.05, 4.69) is 25.8 Å². The zero-order valence-electron chi connectivity index (χ0n) is 19.1. The zero-order valence-corrected chi connectivity index (χ0v) is 19.9. The molecule has 2 fully saturated rings. The van der Waals surface area contributed by atoms with Crippen LogP contribution < -0.4 is 20.9 Å². The molecule has 1 aromatic heterocycles. The minimum Gasteiger partial charge on any atom is -0.444 e. The van der Waals surface area contributed by atoms with Crippen LogP contribution >= 0.6 is 11.6 Å². The number of hydrogen-bond acceptors (Lipinski definition) is 7. The first-order valence-electron chi connectivity index (χ1n) is 10.4. The molecule has 2 saturated heterocycles. The summed E-state index contributed by atoms with van der Waals surface area (Å²) in [7, 11) is 0. The summed E-state index contributed by atoms with van der Waals surface area (Å²) in [5, 5.41) is 9.12. The summed E-state index contributed by atoms with van der Waals surface area (Å²) in [5.74, 6) is 0. The van der Waals surface area contributed by atoms with Crippen molar-refractivity contribution in [3.63, 3.8) is 0 Å². The van der Waals surface area contributed by atoms with E-state index in [-0.39, 0.29) is 24.3 Å². The smallest absolute Gasteiger partial charge is 0.407 e. The van der Waals surface area contributed by atoms with Gasteiger partial charge in [-0.15, -0.1) is 0 Å². The molecule has 31 heavy (non-hydrogen) atoms.